The summed E-state index contributed by atoms with van der Waals surface area (Å²) < 4.78 is 12.0. The standard InChI is InChI=1S/C31H39N5O7/c1-20-27(38)32-15-18-42-24-9-11-25(12-10-24)43-31(13-16-36(17-14-31)22(3)37)30(41)34-21(2)28(39)35-26(29(40)33-20)19-23-7-5-4-6-8-23/h4-12,20-21,26H,13-19H2,1-3H3,(H,32,38)(H,33,40)(H,34,41)(H,35,39)/t20-,21-,26-/m0/s1. The molecule has 0 radical (unpaired) electrons. The van der Waals surface area contributed by atoms with Gasteiger partial charge in [-0.05, 0) is 43.7 Å². The van der Waals surface area contributed by atoms with Crippen molar-refractivity contribution in [2.45, 2.75) is 63.8 Å². The molecule has 2 aromatic rings. The highest BCUT2D eigenvalue weighted by Crippen LogP contribution is 2.31. The van der Waals surface area contributed by atoms with Crippen LogP contribution < -0.4 is 30.7 Å². The Balaban J connectivity index is 1.60. The lowest BCUT2D eigenvalue weighted by Crippen LogP contribution is -2.61. The van der Waals surface area contributed by atoms with Crippen LogP contribution in [0.5, 0.6) is 11.5 Å². The Hall–Kier alpha value is -4.61. The Morgan fingerprint density at radius 1 is 0.837 bits per heavy atom. The van der Waals surface area contributed by atoms with E-state index in [1.807, 2.05) is 30.3 Å². The van der Waals surface area contributed by atoms with Crippen molar-refractivity contribution in [1.29, 1.82) is 0 Å². The van der Waals surface area contributed by atoms with Crippen LogP contribution in [0.3, 0.4) is 0 Å². The summed E-state index contributed by atoms with van der Waals surface area (Å²) in [7, 11) is 0. The number of hydrogen-bond donors (Lipinski definition) is 4. The second-order valence-electron chi connectivity index (χ2n) is 10.9. The van der Waals surface area contributed by atoms with Gasteiger partial charge in [0.25, 0.3) is 5.91 Å². The number of benzene rings is 2. The van der Waals surface area contributed by atoms with Gasteiger partial charge in [0.2, 0.25) is 23.6 Å². The highest BCUT2D eigenvalue weighted by atomic mass is 16.5. The third-order valence-corrected chi connectivity index (χ3v) is 7.65. The summed E-state index contributed by atoms with van der Waals surface area (Å²) in [5, 5.41) is 10.9. The molecule has 4 N–H and O–H groups in total. The predicted octanol–water partition coefficient (Wildman–Crippen LogP) is 0.692. The van der Waals surface area contributed by atoms with E-state index in [0.29, 0.717) is 24.6 Å². The Morgan fingerprint density at radius 3 is 2.12 bits per heavy atom. The quantitative estimate of drug-likeness (QED) is 0.374. The monoisotopic (exact) mass is 593 g/mol. The molecule has 2 bridgehead atoms. The zero-order valence-electron chi connectivity index (χ0n) is 24.7. The lowest BCUT2D eigenvalue weighted by molar-refractivity contribution is -0.147. The first-order valence-corrected chi connectivity index (χ1v) is 14.5. The minimum absolute atomic E-state index is 0.0929. The number of amides is 5. The third kappa shape index (κ3) is 8.24. The van der Waals surface area contributed by atoms with Gasteiger partial charge in [0, 0.05) is 39.3 Å². The minimum atomic E-state index is -1.33. The summed E-state index contributed by atoms with van der Waals surface area (Å²) in [4.78, 5) is 66.6. The van der Waals surface area contributed by atoms with Crippen LogP contribution >= 0.6 is 0 Å². The summed E-state index contributed by atoms with van der Waals surface area (Å²) >= 11 is 0. The molecular formula is C31H39N5O7. The molecule has 5 rings (SSSR count). The molecular weight excluding hydrogens is 554 g/mol. The highest BCUT2D eigenvalue weighted by molar-refractivity contribution is 5.95. The van der Waals surface area contributed by atoms with Gasteiger partial charge in [-0.2, -0.15) is 0 Å². The van der Waals surface area contributed by atoms with Crippen LogP contribution in [0.25, 0.3) is 0 Å². The molecule has 1 fully saturated rings. The largest absolute Gasteiger partial charge is 0.492 e. The van der Waals surface area contributed by atoms with Crippen molar-refractivity contribution < 1.29 is 33.4 Å². The second-order valence-corrected chi connectivity index (χ2v) is 10.9. The number of ether oxygens (including phenoxy) is 2. The van der Waals surface area contributed by atoms with Crippen LogP contribution in [0, 0.1) is 0 Å². The van der Waals surface area contributed by atoms with E-state index < -0.39 is 47.4 Å². The van der Waals surface area contributed by atoms with Crippen molar-refractivity contribution in [3.63, 3.8) is 0 Å². The number of carbonyl (C=O) groups excluding carboxylic acids is 5. The smallest absolute Gasteiger partial charge is 0.264 e. The average molecular weight is 594 g/mol. The van der Waals surface area contributed by atoms with Crippen molar-refractivity contribution in [2.75, 3.05) is 26.2 Å². The maximum Gasteiger partial charge on any atom is 0.264 e. The maximum atomic E-state index is 13.8. The lowest BCUT2D eigenvalue weighted by atomic mass is 9.89. The maximum absolute atomic E-state index is 13.8. The first kappa shape index (κ1) is 31.3. The van der Waals surface area contributed by atoms with Gasteiger partial charge in [0.1, 0.15) is 36.2 Å². The number of fused-ring (bicyclic) bond motifs is 15. The Morgan fingerprint density at radius 2 is 1.47 bits per heavy atom. The van der Waals surface area contributed by atoms with E-state index in [1.165, 1.54) is 13.8 Å². The summed E-state index contributed by atoms with van der Waals surface area (Å²) in [6, 6.07) is 13.0. The van der Waals surface area contributed by atoms with Crippen LogP contribution in [0.2, 0.25) is 0 Å². The van der Waals surface area contributed by atoms with Gasteiger partial charge >= 0.3 is 0 Å². The van der Waals surface area contributed by atoms with Crippen LogP contribution in [-0.4, -0.2) is 84.4 Å². The fourth-order valence-electron chi connectivity index (χ4n) is 5.01. The summed E-state index contributed by atoms with van der Waals surface area (Å²) in [6.07, 6.45) is 0.619. The summed E-state index contributed by atoms with van der Waals surface area (Å²) in [5.74, 6) is -1.15. The van der Waals surface area contributed by atoms with Crippen LogP contribution in [0.1, 0.15) is 39.2 Å². The van der Waals surface area contributed by atoms with E-state index in [2.05, 4.69) is 21.3 Å². The van der Waals surface area contributed by atoms with E-state index in [4.69, 9.17) is 9.47 Å². The predicted molar refractivity (Wildman–Crippen MR) is 157 cm³/mol. The number of hydrogen-bond acceptors (Lipinski definition) is 7. The first-order valence-electron chi connectivity index (χ1n) is 14.5. The molecule has 0 unspecified atom stereocenters. The van der Waals surface area contributed by atoms with Crippen molar-refractivity contribution in [3.8, 4) is 11.5 Å². The summed E-state index contributed by atoms with van der Waals surface area (Å²) in [5.41, 5.74) is -0.525. The number of likely N-dealkylation sites (tertiary alicyclic amines) is 1. The SMILES string of the molecule is CC(=O)N1CCC2(CC1)Oc1ccc(cc1)OCCNC(=O)[C@H](C)NC(=O)[C@H](Cc1ccccc1)NC(=O)[C@H](C)NC2=O. The van der Waals surface area contributed by atoms with E-state index in [9.17, 15) is 24.0 Å². The van der Waals surface area contributed by atoms with Crippen molar-refractivity contribution in [1.82, 2.24) is 26.2 Å². The van der Waals surface area contributed by atoms with Crippen molar-refractivity contribution in [3.05, 3.63) is 60.2 Å². The van der Waals surface area contributed by atoms with Gasteiger partial charge in [-0.25, -0.2) is 0 Å². The third-order valence-electron chi connectivity index (χ3n) is 7.65. The minimum Gasteiger partial charge on any atom is -0.492 e. The number of piperidine rings is 1. The van der Waals surface area contributed by atoms with Gasteiger partial charge in [-0.3, -0.25) is 24.0 Å². The van der Waals surface area contributed by atoms with E-state index in [0.717, 1.165) is 5.56 Å². The molecule has 1 saturated heterocycles. The fourth-order valence-corrected chi connectivity index (χ4v) is 5.01. The highest BCUT2D eigenvalue weighted by Gasteiger charge is 2.45. The van der Waals surface area contributed by atoms with E-state index in [-0.39, 0.29) is 38.3 Å². The molecule has 3 aliphatic heterocycles. The second kappa shape index (κ2) is 14.0. The van der Waals surface area contributed by atoms with Crippen LogP contribution in [0.4, 0.5) is 0 Å². The van der Waals surface area contributed by atoms with Crippen molar-refractivity contribution in [2.24, 2.45) is 0 Å². The summed E-state index contributed by atoms with van der Waals surface area (Å²) in [6.45, 7) is 5.57. The molecule has 1 spiro atoms. The lowest BCUT2D eigenvalue weighted by Gasteiger charge is -2.40. The van der Waals surface area contributed by atoms with Gasteiger partial charge in [0.05, 0.1) is 6.54 Å². The molecule has 3 atom stereocenters. The van der Waals surface area contributed by atoms with Gasteiger partial charge in [-0.15, -0.1) is 0 Å². The molecule has 3 heterocycles. The van der Waals surface area contributed by atoms with Gasteiger partial charge < -0.3 is 35.6 Å². The van der Waals surface area contributed by atoms with E-state index in [1.54, 1.807) is 36.1 Å². The number of rotatable bonds is 2. The molecule has 12 heteroatoms. The van der Waals surface area contributed by atoms with Gasteiger partial charge in [-0.1, -0.05) is 30.3 Å². The zero-order valence-corrected chi connectivity index (χ0v) is 24.7. The van der Waals surface area contributed by atoms with Gasteiger partial charge in [0.15, 0.2) is 5.60 Å². The Kier molecular flexibility index (Phi) is 10.2. The molecule has 230 valence electrons. The molecule has 0 saturated carbocycles. The molecule has 3 aliphatic rings. The topological polar surface area (TPSA) is 155 Å². The zero-order chi connectivity index (χ0) is 31.0. The number of nitrogens with zero attached hydrogens (tertiary/aromatic N) is 1. The average Bonchev–Trinajstić information content (AvgIpc) is 2.99. The molecule has 12 nitrogen and oxygen atoms in total. The Labute approximate surface area is 250 Å². The normalized spacial score (nSPS) is 23.6. The molecule has 0 aliphatic carbocycles. The number of carbonyl (C=O) groups is 5. The number of nitrogens with one attached hydrogen (secondary N) is 4. The molecule has 2 aromatic carbocycles. The fraction of sp³-hybridized carbons (Fsp3) is 0.452. The Bertz CT molecular complexity index is 1310. The van der Waals surface area contributed by atoms with Crippen LogP contribution in [0.15, 0.2) is 54.6 Å². The van der Waals surface area contributed by atoms with Crippen LogP contribution in [-0.2, 0) is 30.4 Å². The first-order chi connectivity index (χ1) is 20.6. The molecule has 0 aromatic heterocycles. The molecule has 43 heavy (non-hydrogen) atoms. The van der Waals surface area contributed by atoms with E-state index >= 15 is 0 Å². The van der Waals surface area contributed by atoms with Crippen molar-refractivity contribution >= 4 is 29.5 Å². The molecule has 5 amide bonds.